The van der Waals surface area contributed by atoms with E-state index in [1.165, 1.54) is 0 Å². The predicted molar refractivity (Wildman–Crippen MR) is 75.4 cm³/mol. The van der Waals surface area contributed by atoms with Gasteiger partial charge in [0.1, 0.15) is 11.5 Å². The molecule has 0 bridgehead atoms. The van der Waals surface area contributed by atoms with Crippen LogP contribution in [0.25, 0.3) is 11.0 Å². The standard InChI is InChI=1S/C14H19N3O/c1-5-10-9(4)16-14-12(13(10)18)8(3)7-11(17-14)15-6-2/h7H,5-6H2,1-4H3,(H2,15,16,17,18). The van der Waals surface area contributed by atoms with E-state index in [0.29, 0.717) is 11.0 Å². The van der Waals surface area contributed by atoms with Crippen LogP contribution in [0.1, 0.15) is 30.7 Å². The highest BCUT2D eigenvalue weighted by atomic mass is 16.1. The Morgan fingerprint density at radius 3 is 2.67 bits per heavy atom. The van der Waals surface area contributed by atoms with Gasteiger partial charge in [-0.2, -0.15) is 0 Å². The second-order valence-corrected chi connectivity index (χ2v) is 4.49. The highest BCUT2D eigenvalue weighted by molar-refractivity contribution is 5.81. The minimum absolute atomic E-state index is 0.108. The van der Waals surface area contributed by atoms with Crippen molar-refractivity contribution in [3.8, 4) is 0 Å². The Morgan fingerprint density at radius 1 is 1.33 bits per heavy atom. The van der Waals surface area contributed by atoms with Gasteiger partial charge in [0.2, 0.25) is 0 Å². The van der Waals surface area contributed by atoms with Gasteiger partial charge in [-0.15, -0.1) is 0 Å². The molecule has 0 radical (unpaired) electrons. The zero-order valence-corrected chi connectivity index (χ0v) is 11.3. The number of aryl methyl sites for hydroxylation is 2. The van der Waals surface area contributed by atoms with E-state index in [0.717, 1.165) is 35.6 Å². The topological polar surface area (TPSA) is 57.8 Å². The first-order chi connectivity index (χ1) is 8.58. The molecular weight excluding hydrogens is 226 g/mol. The number of rotatable bonds is 3. The van der Waals surface area contributed by atoms with Crippen LogP contribution in [-0.4, -0.2) is 16.5 Å². The van der Waals surface area contributed by atoms with Crippen LogP contribution in [0.5, 0.6) is 0 Å². The summed E-state index contributed by atoms with van der Waals surface area (Å²) in [6.45, 7) is 8.72. The lowest BCUT2D eigenvalue weighted by Gasteiger charge is -2.10. The molecule has 2 heterocycles. The molecule has 0 saturated heterocycles. The van der Waals surface area contributed by atoms with E-state index in [1.54, 1.807) is 0 Å². The first-order valence-electron chi connectivity index (χ1n) is 6.35. The van der Waals surface area contributed by atoms with Crippen molar-refractivity contribution in [1.29, 1.82) is 0 Å². The molecule has 2 rings (SSSR count). The Kier molecular flexibility index (Phi) is 3.36. The van der Waals surface area contributed by atoms with Crippen LogP contribution < -0.4 is 10.7 Å². The number of nitrogens with zero attached hydrogens (tertiary/aromatic N) is 1. The Bertz CT molecular complexity index is 644. The average Bonchev–Trinajstić information content (AvgIpc) is 2.28. The zero-order valence-electron chi connectivity index (χ0n) is 11.3. The summed E-state index contributed by atoms with van der Waals surface area (Å²) in [4.78, 5) is 20.1. The number of pyridine rings is 2. The molecule has 0 fully saturated rings. The fraction of sp³-hybridized carbons (Fsp3) is 0.429. The third-order valence-corrected chi connectivity index (χ3v) is 3.19. The summed E-state index contributed by atoms with van der Waals surface area (Å²) in [7, 11) is 0. The molecule has 2 aromatic heterocycles. The lowest BCUT2D eigenvalue weighted by Crippen LogP contribution is -2.15. The van der Waals surface area contributed by atoms with Crippen LogP contribution >= 0.6 is 0 Å². The Hall–Kier alpha value is -1.84. The van der Waals surface area contributed by atoms with Gasteiger partial charge < -0.3 is 10.3 Å². The summed E-state index contributed by atoms with van der Waals surface area (Å²) in [6.07, 6.45) is 0.742. The summed E-state index contributed by atoms with van der Waals surface area (Å²) >= 11 is 0. The summed E-state index contributed by atoms with van der Waals surface area (Å²) in [5, 5.41) is 3.88. The molecule has 0 aliphatic carbocycles. The zero-order chi connectivity index (χ0) is 13.3. The molecule has 0 aromatic carbocycles. The van der Waals surface area contributed by atoms with E-state index in [-0.39, 0.29) is 5.43 Å². The fourth-order valence-corrected chi connectivity index (χ4v) is 2.32. The third kappa shape index (κ3) is 1.98. The van der Waals surface area contributed by atoms with Gasteiger partial charge >= 0.3 is 0 Å². The normalized spacial score (nSPS) is 10.9. The molecule has 18 heavy (non-hydrogen) atoms. The largest absolute Gasteiger partial charge is 0.370 e. The first-order valence-corrected chi connectivity index (χ1v) is 6.35. The molecule has 0 spiro atoms. The van der Waals surface area contributed by atoms with E-state index < -0.39 is 0 Å². The van der Waals surface area contributed by atoms with Crippen LogP contribution in [0.2, 0.25) is 0 Å². The number of nitrogens with one attached hydrogen (secondary N) is 2. The number of hydrogen-bond acceptors (Lipinski definition) is 3. The summed E-state index contributed by atoms with van der Waals surface area (Å²) in [5.74, 6) is 0.807. The number of aromatic nitrogens is 2. The fourth-order valence-electron chi connectivity index (χ4n) is 2.32. The van der Waals surface area contributed by atoms with E-state index in [2.05, 4.69) is 15.3 Å². The number of anilines is 1. The van der Waals surface area contributed by atoms with E-state index in [4.69, 9.17) is 0 Å². The molecule has 2 N–H and O–H groups in total. The quantitative estimate of drug-likeness (QED) is 0.873. The Balaban J connectivity index is 2.80. The van der Waals surface area contributed by atoms with Crippen LogP contribution in [0.4, 0.5) is 5.82 Å². The van der Waals surface area contributed by atoms with Gasteiger partial charge in [0.15, 0.2) is 5.43 Å². The van der Waals surface area contributed by atoms with Gasteiger partial charge in [-0.1, -0.05) is 6.92 Å². The number of aromatic amines is 1. The molecule has 4 nitrogen and oxygen atoms in total. The molecule has 0 atom stereocenters. The molecule has 4 heteroatoms. The van der Waals surface area contributed by atoms with Crippen molar-refractivity contribution in [3.05, 3.63) is 33.1 Å². The van der Waals surface area contributed by atoms with Gasteiger partial charge in [-0.05, 0) is 38.8 Å². The SMILES string of the molecule is CCNc1cc(C)c2c(=O)c(CC)c(C)[nH]c2n1. The van der Waals surface area contributed by atoms with E-state index >= 15 is 0 Å². The maximum atomic E-state index is 12.4. The van der Waals surface area contributed by atoms with Crippen molar-refractivity contribution >= 4 is 16.9 Å². The lowest BCUT2D eigenvalue weighted by molar-refractivity contribution is 1.04. The van der Waals surface area contributed by atoms with Gasteiger partial charge in [-0.3, -0.25) is 4.79 Å². The first kappa shape index (κ1) is 12.6. The van der Waals surface area contributed by atoms with Crippen molar-refractivity contribution in [2.24, 2.45) is 0 Å². The molecule has 0 amide bonds. The monoisotopic (exact) mass is 245 g/mol. The molecule has 0 unspecified atom stereocenters. The van der Waals surface area contributed by atoms with Crippen molar-refractivity contribution < 1.29 is 0 Å². The van der Waals surface area contributed by atoms with E-state index in [1.807, 2.05) is 33.8 Å². The average molecular weight is 245 g/mol. The summed E-state index contributed by atoms with van der Waals surface area (Å²) in [5.41, 5.74) is 3.51. The van der Waals surface area contributed by atoms with Gasteiger partial charge in [-0.25, -0.2) is 4.98 Å². The summed E-state index contributed by atoms with van der Waals surface area (Å²) < 4.78 is 0. The highest BCUT2D eigenvalue weighted by Crippen LogP contribution is 2.17. The molecule has 96 valence electrons. The van der Waals surface area contributed by atoms with Crippen molar-refractivity contribution in [1.82, 2.24) is 9.97 Å². The van der Waals surface area contributed by atoms with Crippen molar-refractivity contribution in [2.75, 3.05) is 11.9 Å². The third-order valence-electron chi connectivity index (χ3n) is 3.19. The number of fused-ring (bicyclic) bond motifs is 1. The van der Waals surface area contributed by atoms with Crippen LogP contribution in [0, 0.1) is 13.8 Å². The minimum atomic E-state index is 0.108. The summed E-state index contributed by atoms with van der Waals surface area (Å²) in [6, 6.07) is 1.93. The van der Waals surface area contributed by atoms with Crippen LogP contribution in [0.3, 0.4) is 0 Å². The smallest absolute Gasteiger partial charge is 0.194 e. The maximum Gasteiger partial charge on any atom is 0.194 e. The Morgan fingerprint density at radius 2 is 2.06 bits per heavy atom. The lowest BCUT2D eigenvalue weighted by atomic mass is 10.1. The van der Waals surface area contributed by atoms with E-state index in [9.17, 15) is 4.79 Å². The van der Waals surface area contributed by atoms with Crippen LogP contribution in [-0.2, 0) is 6.42 Å². The Labute approximate surface area is 106 Å². The molecule has 0 aliphatic heterocycles. The predicted octanol–water partition coefficient (Wildman–Crippen LogP) is 2.53. The van der Waals surface area contributed by atoms with Gasteiger partial charge in [0.25, 0.3) is 0 Å². The van der Waals surface area contributed by atoms with Gasteiger partial charge in [0.05, 0.1) is 5.39 Å². The highest BCUT2D eigenvalue weighted by Gasteiger charge is 2.11. The molecule has 0 saturated carbocycles. The molecular formula is C14H19N3O. The molecule has 2 aromatic rings. The number of H-pyrrole nitrogens is 1. The second-order valence-electron chi connectivity index (χ2n) is 4.49. The maximum absolute atomic E-state index is 12.4. The van der Waals surface area contributed by atoms with Gasteiger partial charge in [0, 0.05) is 17.8 Å². The number of hydrogen-bond donors (Lipinski definition) is 2. The van der Waals surface area contributed by atoms with Crippen LogP contribution in [0.15, 0.2) is 10.9 Å². The second kappa shape index (κ2) is 4.80. The van der Waals surface area contributed by atoms with Crippen molar-refractivity contribution in [2.45, 2.75) is 34.1 Å². The van der Waals surface area contributed by atoms with Crippen molar-refractivity contribution in [3.63, 3.8) is 0 Å². The minimum Gasteiger partial charge on any atom is -0.370 e. The molecule has 0 aliphatic rings.